The van der Waals surface area contributed by atoms with E-state index in [0.717, 1.165) is 22.6 Å². The third-order valence-electron chi connectivity index (χ3n) is 4.41. The Hall–Kier alpha value is -1.99. The van der Waals surface area contributed by atoms with Crippen molar-refractivity contribution in [1.82, 2.24) is 0 Å². The molecule has 1 aliphatic rings. The van der Waals surface area contributed by atoms with Crippen LogP contribution in [0.2, 0.25) is 0 Å². The van der Waals surface area contributed by atoms with Crippen molar-refractivity contribution in [3.05, 3.63) is 81.9 Å². The van der Waals surface area contributed by atoms with Crippen molar-refractivity contribution < 1.29 is 14.5 Å². The molecule has 0 spiro atoms. The number of nitrogens with zero attached hydrogens (tertiary/aromatic N) is 1. The van der Waals surface area contributed by atoms with Gasteiger partial charge in [-0.2, -0.15) is 0 Å². The molecule has 0 aliphatic carbocycles. The summed E-state index contributed by atoms with van der Waals surface area (Å²) in [6.45, 7) is -0.282. The summed E-state index contributed by atoms with van der Waals surface area (Å²) in [5, 5.41) is 11.2. The lowest BCUT2D eigenvalue weighted by atomic mass is 9.98. The van der Waals surface area contributed by atoms with E-state index >= 15 is 0 Å². The van der Waals surface area contributed by atoms with Crippen LogP contribution in [0.15, 0.2) is 60.7 Å². The maximum absolute atomic E-state index is 12.7. The van der Waals surface area contributed by atoms with Crippen LogP contribution in [0, 0.1) is 16.0 Å². The van der Waals surface area contributed by atoms with Crippen LogP contribution < -0.4 is 0 Å². The lowest BCUT2D eigenvalue weighted by molar-refractivity contribution is -0.486. The Morgan fingerprint density at radius 3 is 2.26 bits per heavy atom. The molecule has 1 fully saturated rings. The Kier molecular flexibility index (Phi) is 6.79. The lowest BCUT2D eigenvalue weighted by Gasteiger charge is -2.30. The minimum Gasteiger partial charge on any atom is -0.460 e. The van der Waals surface area contributed by atoms with E-state index in [1.165, 1.54) is 0 Å². The Morgan fingerprint density at radius 2 is 1.67 bits per heavy atom. The van der Waals surface area contributed by atoms with Crippen LogP contribution in [0.25, 0.3) is 0 Å². The standard InChI is InChI=1S/C20H21NO4S2/c22-19(25-15-16-7-3-1-4-8-16)17(14-21(23)24)13-20(26-11-12-27-20)18-9-5-2-6-10-18/h1-10,17H,11-15H2/t17-/m1/s1. The average molecular weight is 404 g/mol. The predicted octanol–water partition coefficient (Wildman–Crippen LogP) is 4.35. The summed E-state index contributed by atoms with van der Waals surface area (Å²) >= 11 is 3.53. The molecule has 1 saturated heterocycles. The second kappa shape index (κ2) is 9.28. The van der Waals surface area contributed by atoms with E-state index in [1.54, 1.807) is 23.5 Å². The highest BCUT2D eigenvalue weighted by Crippen LogP contribution is 2.55. The van der Waals surface area contributed by atoms with Crippen molar-refractivity contribution in [1.29, 1.82) is 0 Å². The zero-order valence-electron chi connectivity index (χ0n) is 14.8. The van der Waals surface area contributed by atoms with E-state index in [4.69, 9.17) is 4.74 Å². The molecular formula is C20H21NO4S2. The van der Waals surface area contributed by atoms with Crippen molar-refractivity contribution in [3.63, 3.8) is 0 Å². The lowest BCUT2D eigenvalue weighted by Crippen LogP contribution is -2.31. The van der Waals surface area contributed by atoms with Gasteiger partial charge >= 0.3 is 5.97 Å². The Bertz CT molecular complexity index is 764. The Morgan fingerprint density at radius 1 is 1.07 bits per heavy atom. The number of rotatable bonds is 8. The number of esters is 1. The van der Waals surface area contributed by atoms with Crippen LogP contribution in [0.4, 0.5) is 0 Å². The number of hydrogen-bond acceptors (Lipinski definition) is 6. The Labute approximate surface area is 167 Å². The SMILES string of the molecule is O=C(OCc1ccccc1)[C@@H](C[N+](=O)[O-])CC1(c2ccccc2)SCCS1. The molecule has 0 unspecified atom stereocenters. The highest BCUT2D eigenvalue weighted by molar-refractivity contribution is 8.20. The first-order valence-corrected chi connectivity index (χ1v) is 10.7. The minimum atomic E-state index is -0.776. The van der Waals surface area contributed by atoms with Gasteiger partial charge in [0.05, 0.1) is 4.08 Å². The second-order valence-electron chi connectivity index (χ2n) is 6.33. The Balaban J connectivity index is 1.75. The van der Waals surface area contributed by atoms with Gasteiger partial charge in [0.25, 0.3) is 0 Å². The zero-order valence-corrected chi connectivity index (χ0v) is 16.4. The summed E-state index contributed by atoms with van der Waals surface area (Å²) < 4.78 is 5.08. The molecule has 7 heteroatoms. The molecule has 3 rings (SSSR count). The largest absolute Gasteiger partial charge is 0.460 e. The van der Waals surface area contributed by atoms with Gasteiger partial charge in [-0.15, -0.1) is 23.5 Å². The van der Waals surface area contributed by atoms with E-state index in [-0.39, 0.29) is 10.7 Å². The van der Waals surface area contributed by atoms with Gasteiger partial charge in [-0.25, -0.2) is 0 Å². The maximum atomic E-state index is 12.7. The molecule has 1 aliphatic heterocycles. The normalized spacial score (nSPS) is 16.6. The number of ether oxygens (including phenoxy) is 1. The van der Waals surface area contributed by atoms with Gasteiger partial charge in [0.1, 0.15) is 12.5 Å². The summed E-state index contributed by atoms with van der Waals surface area (Å²) in [5.41, 5.74) is 1.97. The first-order chi connectivity index (χ1) is 13.1. The molecule has 0 N–H and O–H groups in total. The number of nitro groups is 1. The smallest absolute Gasteiger partial charge is 0.316 e. The molecule has 1 atom stereocenters. The molecule has 2 aromatic carbocycles. The molecule has 2 aromatic rings. The van der Waals surface area contributed by atoms with Gasteiger partial charge in [-0.05, 0) is 17.5 Å². The summed E-state index contributed by atoms with van der Waals surface area (Å²) in [6, 6.07) is 19.3. The molecule has 27 heavy (non-hydrogen) atoms. The monoisotopic (exact) mass is 403 g/mol. The van der Waals surface area contributed by atoms with E-state index in [1.807, 2.05) is 60.7 Å². The minimum absolute atomic E-state index is 0.131. The van der Waals surface area contributed by atoms with Crippen LogP contribution in [0.3, 0.4) is 0 Å². The molecule has 0 amide bonds. The van der Waals surface area contributed by atoms with Crippen molar-refractivity contribution in [3.8, 4) is 0 Å². The number of thioether (sulfide) groups is 2. The number of benzene rings is 2. The van der Waals surface area contributed by atoms with Gasteiger partial charge in [0.15, 0.2) is 0 Å². The fourth-order valence-electron chi connectivity index (χ4n) is 3.12. The van der Waals surface area contributed by atoms with Crippen LogP contribution in [0.5, 0.6) is 0 Å². The fourth-order valence-corrected chi connectivity index (χ4v) is 6.53. The quantitative estimate of drug-likeness (QED) is 0.371. The van der Waals surface area contributed by atoms with Crippen molar-refractivity contribution >= 4 is 29.5 Å². The average Bonchev–Trinajstić information content (AvgIpc) is 3.16. The van der Waals surface area contributed by atoms with Gasteiger partial charge in [-0.3, -0.25) is 14.9 Å². The van der Waals surface area contributed by atoms with E-state index in [9.17, 15) is 14.9 Å². The van der Waals surface area contributed by atoms with Gasteiger partial charge in [-0.1, -0.05) is 60.7 Å². The summed E-state index contributed by atoms with van der Waals surface area (Å²) in [7, 11) is 0. The second-order valence-corrected chi connectivity index (χ2v) is 9.37. The zero-order chi connectivity index (χ0) is 19.1. The van der Waals surface area contributed by atoms with Crippen molar-refractivity contribution in [2.45, 2.75) is 17.1 Å². The first-order valence-electron chi connectivity index (χ1n) is 8.75. The van der Waals surface area contributed by atoms with Gasteiger partial charge in [0.2, 0.25) is 6.54 Å². The molecule has 0 radical (unpaired) electrons. The molecular weight excluding hydrogens is 382 g/mol. The number of hydrogen-bond donors (Lipinski definition) is 0. The van der Waals surface area contributed by atoms with Gasteiger partial charge in [0, 0.05) is 16.4 Å². The van der Waals surface area contributed by atoms with Gasteiger partial charge < -0.3 is 4.74 Å². The van der Waals surface area contributed by atoms with Crippen molar-refractivity contribution in [2.75, 3.05) is 18.1 Å². The molecule has 1 heterocycles. The third kappa shape index (κ3) is 5.26. The van der Waals surface area contributed by atoms with Crippen molar-refractivity contribution in [2.24, 2.45) is 5.92 Å². The van der Waals surface area contributed by atoms with E-state index < -0.39 is 23.4 Å². The first kappa shape index (κ1) is 19.8. The van der Waals surface area contributed by atoms with Crippen LogP contribution in [0.1, 0.15) is 17.5 Å². The maximum Gasteiger partial charge on any atom is 0.316 e. The molecule has 142 valence electrons. The number of carbonyl (C=O) groups is 1. The highest BCUT2D eigenvalue weighted by atomic mass is 32.2. The molecule has 0 bridgehead atoms. The van der Waals surface area contributed by atoms with Crippen LogP contribution >= 0.6 is 23.5 Å². The van der Waals surface area contributed by atoms with Crippen LogP contribution in [-0.4, -0.2) is 28.9 Å². The molecule has 0 saturated carbocycles. The molecule has 0 aromatic heterocycles. The molecule has 5 nitrogen and oxygen atoms in total. The third-order valence-corrected chi connectivity index (χ3v) is 7.93. The summed E-state index contributed by atoms with van der Waals surface area (Å²) in [5.74, 6) is 0.647. The van der Waals surface area contributed by atoms with E-state index in [2.05, 4.69) is 0 Å². The topological polar surface area (TPSA) is 69.4 Å². The highest BCUT2D eigenvalue weighted by Gasteiger charge is 2.43. The number of carbonyl (C=O) groups excluding carboxylic acids is 1. The van der Waals surface area contributed by atoms with E-state index in [0.29, 0.717) is 6.42 Å². The predicted molar refractivity (Wildman–Crippen MR) is 109 cm³/mol. The fraction of sp³-hybridized carbons (Fsp3) is 0.350. The summed E-state index contributed by atoms with van der Waals surface area (Å²) in [6.07, 6.45) is 0.390. The van der Waals surface area contributed by atoms with Crippen LogP contribution in [-0.2, 0) is 20.2 Å². The summed E-state index contributed by atoms with van der Waals surface area (Å²) in [4.78, 5) is 23.4.